The largest absolute Gasteiger partial charge is 0.495 e. The van der Waals surface area contributed by atoms with Crippen molar-refractivity contribution in [1.82, 2.24) is 4.90 Å². The van der Waals surface area contributed by atoms with Crippen LogP contribution in [0.25, 0.3) is 0 Å². The predicted molar refractivity (Wildman–Crippen MR) is 126 cm³/mol. The van der Waals surface area contributed by atoms with Gasteiger partial charge < -0.3 is 14.7 Å². The number of nitrogens with zero attached hydrogens (tertiary/aromatic N) is 2. The second-order valence-corrected chi connectivity index (χ2v) is 10.5. The number of sulfonamides is 1. The number of hydrogen-bond acceptors (Lipinski definition) is 5. The van der Waals surface area contributed by atoms with E-state index in [1.165, 1.54) is 11.4 Å². The fourth-order valence-electron chi connectivity index (χ4n) is 3.69. The molecule has 0 heterocycles. The zero-order valence-corrected chi connectivity index (χ0v) is 20.0. The summed E-state index contributed by atoms with van der Waals surface area (Å²) in [5.74, 6) is 1.34. The summed E-state index contributed by atoms with van der Waals surface area (Å²) in [5, 5.41) is 11.0. The van der Waals surface area contributed by atoms with E-state index >= 15 is 0 Å². The molecule has 0 fully saturated rings. The molecule has 2 rings (SSSR count). The molecule has 2 aromatic rings. The maximum atomic E-state index is 13.5. The first-order valence-electron chi connectivity index (χ1n) is 10.8. The molecule has 31 heavy (non-hydrogen) atoms. The first-order valence-corrected chi connectivity index (χ1v) is 12.2. The van der Waals surface area contributed by atoms with Gasteiger partial charge in [-0.2, -0.15) is 0 Å². The van der Waals surface area contributed by atoms with Gasteiger partial charge in [0.25, 0.3) is 10.0 Å². The molecule has 1 atom stereocenters. The molecule has 0 aliphatic rings. The van der Waals surface area contributed by atoms with Gasteiger partial charge in [-0.3, -0.25) is 4.31 Å². The zero-order chi connectivity index (χ0) is 23.0. The smallest absolute Gasteiger partial charge is 0.264 e. The maximum Gasteiger partial charge on any atom is 0.264 e. The Labute approximate surface area is 187 Å². The van der Waals surface area contributed by atoms with Crippen molar-refractivity contribution >= 4 is 15.7 Å². The molecule has 6 nitrogen and oxygen atoms in total. The highest BCUT2D eigenvalue weighted by Gasteiger charge is 2.30. The lowest BCUT2D eigenvalue weighted by atomic mass is 10.1. The van der Waals surface area contributed by atoms with E-state index in [2.05, 4.69) is 32.6 Å². The normalized spacial score (nSPS) is 13.1. The van der Waals surface area contributed by atoms with Crippen LogP contribution in [0.4, 0.5) is 5.69 Å². The van der Waals surface area contributed by atoms with Gasteiger partial charge in [-0.15, -0.1) is 0 Å². The molecule has 0 amide bonds. The highest BCUT2D eigenvalue weighted by atomic mass is 32.2. The molecular weight excluding hydrogens is 412 g/mol. The van der Waals surface area contributed by atoms with Crippen molar-refractivity contribution in [2.24, 2.45) is 11.8 Å². The van der Waals surface area contributed by atoms with Crippen molar-refractivity contribution in [3.05, 3.63) is 54.6 Å². The highest BCUT2D eigenvalue weighted by molar-refractivity contribution is 7.92. The maximum absolute atomic E-state index is 13.5. The van der Waals surface area contributed by atoms with Crippen LogP contribution < -0.4 is 9.04 Å². The van der Waals surface area contributed by atoms with Crippen LogP contribution in [0, 0.1) is 11.8 Å². The van der Waals surface area contributed by atoms with Gasteiger partial charge in [-0.25, -0.2) is 8.42 Å². The molecule has 0 aliphatic heterocycles. The Morgan fingerprint density at radius 3 is 1.94 bits per heavy atom. The van der Waals surface area contributed by atoms with Crippen LogP contribution in [0.2, 0.25) is 0 Å². The molecule has 0 unspecified atom stereocenters. The minimum Gasteiger partial charge on any atom is -0.495 e. The van der Waals surface area contributed by atoms with Crippen LogP contribution >= 0.6 is 0 Å². The summed E-state index contributed by atoms with van der Waals surface area (Å²) in [6.07, 6.45) is -0.860. The lowest BCUT2D eigenvalue weighted by Crippen LogP contribution is -2.44. The second kappa shape index (κ2) is 11.5. The molecule has 172 valence electrons. The first kappa shape index (κ1) is 25.2. The molecule has 0 saturated heterocycles. The average Bonchev–Trinajstić information content (AvgIpc) is 2.71. The topological polar surface area (TPSA) is 70.1 Å². The van der Waals surface area contributed by atoms with Crippen molar-refractivity contribution in [1.29, 1.82) is 0 Å². The minimum atomic E-state index is -3.89. The van der Waals surface area contributed by atoms with E-state index in [9.17, 15) is 13.5 Å². The highest BCUT2D eigenvalue weighted by Crippen LogP contribution is 2.32. The Bertz CT molecular complexity index is 891. The van der Waals surface area contributed by atoms with E-state index in [0.717, 1.165) is 13.1 Å². The standard InChI is InChI=1S/C24H36N2O4S/c1-19(2)15-25(16-20(3)4)17-21(27)18-26(23-13-9-10-14-24(23)30-5)31(28,29)22-11-7-6-8-12-22/h6-14,19-21,27H,15-18H2,1-5H3/t21-/m1/s1. The number of rotatable bonds is 12. The van der Waals surface area contributed by atoms with Gasteiger partial charge in [0, 0.05) is 19.6 Å². The third-order valence-electron chi connectivity index (χ3n) is 4.78. The SMILES string of the molecule is COc1ccccc1N(C[C@H](O)CN(CC(C)C)CC(C)C)S(=O)(=O)c1ccccc1. The number of hydrogen-bond donors (Lipinski definition) is 1. The quantitative estimate of drug-likeness (QED) is 0.534. The fraction of sp³-hybridized carbons (Fsp3) is 0.500. The number of anilines is 1. The molecule has 0 saturated carbocycles. The molecule has 2 aromatic carbocycles. The Hall–Kier alpha value is -2.09. The van der Waals surface area contributed by atoms with Gasteiger partial charge in [0.05, 0.1) is 30.3 Å². The number of ether oxygens (including phenoxy) is 1. The van der Waals surface area contributed by atoms with Gasteiger partial charge in [0.1, 0.15) is 5.75 Å². The Kier molecular flexibility index (Phi) is 9.34. The number of methoxy groups -OCH3 is 1. The van der Waals surface area contributed by atoms with E-state index in [0.29, 0.717) is 29.8 Å². The second-order valence-electron chi connectivity index (χ2n) is 8.68. The molecule has 0 radical (unpaired) electrons. The third-order valence-corrected chi connectivity index (χ3v) is 6.57. The number of benzene rings is 2. The van der Waals surface area contributed by atoms with Crippen LogP contribution in [0.5, 0.6) is 5.75 Å². The predicted octanol–water partition coefficient (Wildman–Crippen LogP) is 3.87. The lowest BCUT2D eigenvalue weighted by Gasteiger charge is -2.32. The van der Waals surface area contributed by atoms with Crippen molar-refractivity contribution in [2.75, 3.05) is 37.6 Å². The van der Waals surface area contributed by atoms with Gasteiger partial charge in [-0.05, 0) is 36.1 Å². The number of para-hydroxylation sites is 2. The Morgan fingerprint density at radius 2 is 1.39 bits per heavy atom. The fourth-order valence-corrected chi connectivity index (χ4v) is 5.22. The average molecular weight is 449 g/mol. The Morgan fingerprint density at radius 1 is 0.839 bits per heavy atom. The molecule has 0 aromatic heterocycles. The van der Waals surface area contributed by atoms with Gasteiger partial charge in [0.2, 0.25) is 0 Å². The van der Waals surface area contributed by atoms with E-state index in [4.69, 9.17) is 4.74 Å². The van der Waals surface area contributed by atoms with Crippen LogP contribution in [0.15, 0.2) is 59.5 Å². The Balaban J connectivity index is 2.37. The summed E-state index contributed by atoms with van der Waals surface area (Å²) >= 11 is 0. The summed E-state index contributed by atoms with van der Waals surface area (Å²) < 4.78 is 33.7. The van der Waals surface area contributed by atoms with Crippen molar-refractivity contribution in [3.63, 3.8) is 0 Å². The third kappa shape index (κ3) is 7.23. The van der Waals surface area contributed by atoms with Crippen molar-refractivity contribution in [2.45, 2.75) is 38.7 Å². The number of aliphatic hydroxyl groups excluding tert-OH is 1. The van der Waals surface area contributed by atoms with Crippen molar-refractivity contribution < 1.29 is 18.3 Å². The summed E-state index contributed by atoms with van der Waals surface area (Å²) in [6, 6.07) is 15.3. The molecule has 0 spiro atoms. The molecule has 1 N–H and O–H groups in total. The van der Waals surface area contributed by atoms with Gasteiger partial charge >= 0.3 is 0 Å². The van der Waals surface area contributed by atoms with Gasteiger partial charge in [0.15, 0.2) is 0 Å². The van der Waals surface area contributed by atoms with Crippen LogP contribution in [0.3, 0.4) is 0 Å². The minimum absolute atomic E-state index is 0.0652. The molecule has 7 heteroatoms. The summed E-state index contributed by atoms with van der Waals surface area (Å²) in [5.41, 5.74) is 0.409. The first-order chi connectivity index (χ1) is 14.6. The van der Waals surface area contributed by atoms with E-state index in [-0.39, 0.29) is 11.4 Å². The summed E-state index contributed by atoms with van der Waals surface area (Å²) in [6.45, 7) is 10.6. The summed E-state index contributed by atoms with van der Waals surface area (Å²) in [4.78, 5) is 2.38. The molecule has 0 aliphatic carbocycles. The lowest BCUT2D eigenvalue weighted by molar-refractivity contribution is 0.104. The zero-order valence-electron chi connectivity index (χ0n) is 19.2. The van der Waals surface area contributed by atoms with E-state index < -0.39 is 16.1 Å². The van der Waals surface area contributed by atoms with Crippen LogP contribution in [-0.4, -0.2) is 57.8 Å². The van der Waals surface area contributed by atoms with Crippen molar-refractivity contribution in [3.8, 4) is 5.75 Å². The number of aliphatic hydroxyl groups is 1. The monoisotopic (exact) mass is 448 g/mol. The molecular formula is C24H36N2O4S. The van der Waals surface area contributed by atoms with Crippen LogP contribution in [0.1, 0.15) is 27.7 Å². The van der Waals surface area contributed by atoms with E-state index in [1.807, 2.05) is 0 Å². The molecule has 0 bridgehead atoms. The summed E-state index contributed by atoms with van der Waals surface area (Å²) in [7, 11) is -2.38. The van der Waals surface area contributed by atoms with Crippen LogP contribution in [-0.2, 0) is 10.0 Å². The van der Waals surface area contributed by atoms with Gasteiger partial charge in [-0.1, -0.05) is 58.0 Å². The van der Waals surface area contributed by atoms with E-state index in [1.54, 1.807) is 54.6 Å².